The minimum absolute atomic E-state index is 0.347. The molecule has 0 bridgehead atoms. The van der Waals surface area contributed by atoms with Crippen LogP contribution in [-0.2, 0) is 21.1 Å². The van der Waals surface area contributed by atoms with Gasteiger partial charge in [0.05, 0.1) is 11.4 Å². The first-order valence-electron chi connectivity index (χ1n) is 8.13. The van der Waals surface area contributed by atoms with Crippen LogP contribution in [0.4, 0.5) is 10.2 Å². The Balaban J connectivity index is 1.84. The maximum Gasteiger partial charge on any atom is 0.314 e. The number of amides is 2. The summed E-state index contributed by atoms with van der Waals surface area (Å²) in [6, 6.07) is 5.84. The minimum Gasteiger partial charge on any atom is -0.348 e. The third-order valence-corrected chi connectivity index (χ3v) is 4.85. The van der Waals surface area contributed by atoms with Gasteiger partial charge in [-0.2, -0.15) is 16.9 Å². The highest BCUT2D eigenvalue weighted by molar-refractivity contribution is 7.98. The van der Waals surface area contributed by atoms with Crippen LogP contribution in [0.2, 0.25) is 0 Å². The lowest BCUT2D eigenvalue weighted by atomic mass is 10.2. The van der Waals surface area contributed by atoms with Crippen molar-refractivity contribution < 1.29 is 14.0 Å². The van der Waals surface area contributed by atoms with E-state index in [-0.39, 0.29) is 5.82 Å². The van der Waals surface area contributed by atoms with Crippen molar-refractivity contribution in [1.82, 2.24) is 15.1 Å². The topological polar surface area (TPSA) is 76.0 Å². The third-order valence-electron chi connectivity index (χ3n) is 3.88. The van der Waals surface area contributed by atoms with E-state index < -0.39 is 11.8 Å². The number of hydrogen-bond acceptors (Lipinski definition) is 4. The molecule has 1 aromatic carbocycles. The molecule has 6 nitrogen and oxygen atoms in total. The van der Waals surface area contributed by atoms with Crippen molar-refractivity contribution in [1.29, 1.82) is 0 Å². The summed E-state index contributed by atoms with van der Waals surface area (Å²) in [5, 5.41) is 9.77. The molecule has 0 fully saturated rings. The van der Waals surface area contributed by atoms with Gasteiger partial charge in [0.25, 0.3) is 0 Å². The molecule has 0 saturated heterocycles. The second-order valence-corrected chi connectivity index (χ2v) is 6.70. The van der Waals surface area contributed by atoms with E-state index in [1.807, 2.05) is 6.92 Å². The van der Waals surface area contributed by atoms with E-state index in [0.717, 1.165) is 29.9 Å². The molecule has 8 heteroatoms. The highest BCUT2D eigenvalue weighted by Gasteiger charge is 2.26. The van der Waals surface area contributed by atoms with Crippen molar-refractivity contribution >= 4 is 29.4 Å². The van der Waals surface area contributed by atoms with E-state index in [2.05, 4.69) is 15.7 Å². The number of carbonyl (C=O) groups is 2. The van der Waals surface area contributed by atoms with Crippen molar-refractivity contribution in [3.8, 4) is 5.69 Å². The number of anilines is 1. The van der Waals surface area contributed by atoms with Crippen LogP contribution in [0.15, 0.2) is 24.3 Å². The summed E-state index contributed by atoms with van der Waals surface area (Å²) in [5.41, 5.74) is 2.41. The fraction of sp³-hybridized carbons (Fsp3) is 0.353. The summed E-state index contributed by atoms with van der Waals surface area (Å²) in [5.74, 6) is 0.194. The van der Waals surface area contributed by atoms with Crippen molar-refractivity contribution in [2.24, 2.45) is 0 Å². The second-order valence-electron chi connectivity index (χ2n) is 5.72. The fourth-order valence-corrected chi connectivity index (χ4v) is 3.57. The van der Waals surface area contributed by atoms with Crippen LogP contribution in [0.3, 0.4) is 0 Å². The van der Waals surface area contributed by atoms with Crippen LogP contribution in [0.25, 0.3) is 5.69 Å². The first-order valence-corrected chi connectivity index (χ1v) is 9.29. The maximum atomic E-state index is 13.2. The molecule has 2 aromatic rings. The van der Waals surface area contributed by atoms with Crippen LogP contribution < -0.4 is 10.6 Å². The monoisotopic (exact) mass is 362 g/mol. The molecule has 132 valence electrons. The molecular weight excluding hydrogens is 343 g/mol. The summed E-state index contributed by atoms with van der Waals surface area (Å²) in [7, 11) is 0. The Morgan fingerprint density at radius 3 is 2.72 bits per heavy atom. The molecule has 2 amide bonds. The number of aromatic nitrogens is 2. The van der Waals surface area contributed by atoms with Gasteiger partial charge in [0.1, 0.15) is 11.6 Å². The Labute approximate surface area is 149 Å². The van der Waals surface area contributed by atoms with E-state index in [4.69, 9.17) is 0 Å². The molecule has 25 heavy (non-hydrogen) atoms. The predicted molar refractivity (Wildman–Crippen MR) is 95.1 cm³/mol. The minimum atomic E-state index is -0.723. The van der Waals surface area contributed by atoms with Gasteiger partial charge >= 0.3 is 11.8 Å². The SMILES string of the molecule is CCCCNC(=O)C(=O)Nc1c2c(nn1-c1ccc(F)cc1)CSC2. The molecule has 0 unspecified atom stereocenters. The number of fused-ring (bicyclic) bond motifs is 1. The Hall–Kier alpha value is -2.35. The molecule has 0 saturated carbocycles. The summed E-state index contributed by atoms with van der Waals surface area (Å²) in [4.78, 5) is 24.1. The van der Waals surface area contributed by atoms with Gasteiger partial charge in [-0.25, -0.2) is 9.07 Å². The summed E-state index contributed by atoms with van der Waals surface area (Å²) < 4.78 is 14.7. The molecular formula is C17H19FN4O2S. The van der Waals surface area contributed by atoms with Crippen molar-refractivity contribution in [2.75, 3.05) is 11.9 Å². The normalized spacial score (nSPS) is 12.7. The molecule has 1 aliphatic rings. The largest absolute Gasteiger partial charge is 0.348 e. The Morgan fingerprint density at radius 1 is 1.24 bits per heavy atom. The first kappa shape index (κ1) is 17.5. The van der Waals surface area contributed by atoms with Gasteiger partial charge in [0.2, 0.25) is 0 Å². The van der Waals surface area contributed by atoms with Gasteiger partial charge in [0, 0.05) is 23.6 Å². The van der Waals surface area contributed by atoms with Gasteiger partial charge in [0.15, 0.2) is 0 Å². The fourth-order valence-electron chi connectivity index (χ4n) is 2.53. The van der Waals surface area contributed by atoms with Gasteiger partial charge in [-0.05, 0) is 30.7 Å². The Morgan fingerprint density at radius 2 is 2.00 bits per heavy atom. The number of carbonyl (C=O) groups excluding carboxylic acids is 2. The smallest absolute Gasteiger partial charge is 0.314 e. The molecule has 2 N–H and O–H groups in total. The molecule has 1 aromatic heterocycles. The molecule has 1 aliphatic heterocycles. The lowest BCUT2D eigenvalue weighted by molar-refractivity contribution is -0.136. The quantitative estimate of drug-likeness (QED) is 0.633. The van der Waals surface area contributed by atoms with Gasteiger partial charge in [-0.3, -0.25) is 9.59 Å². The lowest BCUT2D eigenvalue weighted by Gasteiger charge is -2.11. The lowest BCUT2D eigenvalue weighted by Crippen LogP contribution is -2.36. The highest BCUT2D eigenvalue weighted by atomic mass is 32.2. The number of benzene rings is 1. The van der Waals surface area contributed by atoms with Gasteiger partial charge < -0.3 is 10.6 Å². The summed E-state index contributed by atoms with van der Waals surface area (Å²) >= 11 is 1.69. The second kappa shape index (κ2) is 7.69. The van der Waals surface area contributed by atoms with E-state index in [1.165, 1.54) is 12.1 Å². The number of thioether (sulfide) groups is 1. The van der Waals surface area contributed by atoms with E-state index in [0.29, 0.717) is 23.8 Å². The number of nitrogens with zero attached hydrogens (tertiary/aromatic N) is 2. The standard InChI is InChI=1S/C17H19FN4O2S/c1-2-3-8-19-16(23)17(24)20-15-13-9-25-10-14(13)21-22(15)12-6-4-11(18)5-7-12/h4-7H,2-3,8-10H2,1H3,(H,19,23)(H,20,24). The zero-order valence-electron chi connectivity index (χ0n) is 13.8. The summed E-state index contributed by atoms with van der Waals surface area (Å²) in [6.45, 7) is 2.47. The van der Waals surface area contributed by atoms with E-state index >= 15 is 0 Å². The number of hydrogen-bond donors (Lipinski definition) is 2. The van der Waals surface area contributed by atoms with Gasteiger partial charge in [-0.15, -0.1) is 0 Å². The van der Waals surface area contributed by atoms with Crippen LogP contribution in [0, 0.1) is 5.82 Å². The van der Waals surface area contributed by atoms with Crippen LogP contribution in [0.5, 0.6) is 0 Å². The third kappa shape index (κ3) is 3.84. The van der Waals surface area contributed by atoms with Crippen LogP contribution >= 0.6 is 11.8 Å². The summed E-state index contributed by atoms with van der Waals surface area (Å²) in [6.07, 6.45) is 1.75. The van der Waals surface area contributed by atoms with E-state index in [1.54, 1.807) is 28.6 Å². The molecule has 0 atom stereocenters. The predicted octanol–water partition coefficient (Wildman–Crippen LogP) is 2.61. The molecule has 0 radical (unpaired) electrons. The van der Waals surface area contributed by atoms with E-state index in [9.17, 15) is 14.0 Å². The van der Waals surface area contributed by atoms with Crippen LogP contribution in [0.1, 0.15) is 31.0 Å². The molecule has 3 rings (SSSR count). The van der Waals surface area contributed by atoms with Crippen LogP contribution in [-0.4, -0.2) is 28.1 Å². The first-order chi connectivity index (χ1) is 12.1. The molecule has 0 aliphatic carbocycles. The number of rotatable bonds is 5. The zero-order chi connectivity index (χ0) is 17.8. The average Bonchev–Trinajstić information content (AvgIpc) is 3.18. The molecule has 0 spiro atoms. The van der Waals surface area contributed by atoms with Crippen molar-refractivity contribution in [3.63, 3.8) is 0 Å². The van der Waals surface area contributed by atoms with Crippen molar-refractivity contribution in [3.05, 3.63) is 41.3 Å². The molecule has 2 heterocycles. The Bertz CT molecular complexity index is 789. The van der Waals surface area contributed by atoms with Crippen molar-refractivity contribution in [2.45, 2.75) is 31.3 Å². The maximum absolute atomic E-state index is 13.2. The average molecular weight is 362 g/mol. The van der Waals surface area contributed by atoms with Gasteiger partial charge in [-0.1, -0.05) is 13.3 Å². The number of nitrogens with one attached hydrogen (secondary N) is 2. The highest BCUT2D eigenvalue weighted by Crippen LogP contribution is 2.36. The Kier molecular flexibility index (Phi) is 5.37. The number of unbranched alkanes of at least 4 members (excludes halogenated alkanes) is 1. The zero-order valence-corrected chi connectivity index (χ0v) is 14.7. The number of halogens is 1.